The second-order valence-electron chi connectivity index (χ2n) is 4.48. The van der Waals surface area contributed by atoms with Gasteiger partial charge in [-0.25, -0.2) is 0 Å². The number of carbonyl (C=O) groups excluding carboxylic acids is 3. The fourth-order valence-corrected chi connectivity index (χ4v) is 1.85. The summed E-state index contributed by atoms with van der Waals surface area (Å²) in [5.74, 6) is 0.369. The standard InChI is InChI=1S/C15H20O6/c1-6-8-15(13(17)19-4,14(18)20-5)10-11(2)7-9-21-12(3)16/h1,7H,8-10H2,2-5H3/b11-7+. The summed E-state index contributed by atoms with van der Waals surface area (Å²) in [6.45, 7) is 3.03. The molecule has 0 N–H and O–H groups in total. The molecule has 0 unspecified atom stereocenters. The molecule has 0 aromatic heterocycles. The Morgan fingerprint density at radius 1 is 1.14 bits per heavy atom. The first-order valence-corrected chi connectivity index (χ1v) is 6.23. The number of ether oxygens (including phenoxy) is 3. The highest BCUT2D eigenvalue weighted by molar-refractivity contribution is 6.00. The number of hydrogen-bond acceptors (Lipinski definition) is 6. The van der Waals surface area contributed by atoms with Crippen LogP contribution in [0.15, 0.2) is 11.6 Å². The average Bonchev–Trinajstić information content (AvgIpc) is 2.44. The van der Waals surface area contributed by atoms with E-state index in [1.807, 2.05) is 0 Å². The monoisotopic (exact) mass is 296 g/mol. The lowest BCUT2D eigenvalue weighted by atomic mass is 9.78. The zero-order valence-corrected chi connectivity index (χ0v) is 12.7. The highest BCUT2D eigenvalue weighted by atomic mass is 16.5. The molecule has 0 amide bonds. The van der Waals surface area contributed by atoms with E-state index in [4.69, 9.17) is 11.2 Å². The van der Waals surface area contributed by atoms with Crippen molar-refractivity contribution in [1.29, 1.82) is 0 Å². The number of terminal acetylenes is 1. The molecule has 0 aliphatic carbocycles. The van der Waals surface area contributed by atoms with Gasteiger partial charge in [0.15, 0.2) is 5.41 Å². The van der Waals surface area contributed by atoms with Crippen LogP contribution in [0.4, 0.5) is 0 Å². The second-order valence-corrected chi connectivity index (χ2v) is 4.48. The first-order valence-electron chi connectivity index (χ1n) is 6.23. The molecule has 0 rings (SSSR count). The van der Waals surface area contributed by atoms with Crippen LogP contribution in [0.3, 0.4) is 0 Å². The molecule has 0 aliphatic heterocycles. The Balaban J connectivity index is 5.31. The molecule has 0 aromatic rings. The van der Waals surface area contributed by atoms with Crippen molar-refractivity contribution in [3.63, 3.8) is 0 Å². The summed E-state index contributed by atoms with van der Waals surface area (Å²) in [4.78, 5) is 34.7. The van der Waals surface area contributed by atoms with Crippen molar-refractivity contribution in [2.24, 2.45) is 5.41 Å². The van der Waals surface area contributed by atoms with E-state index in [1.54, 1.807) is 13.0 Å². The number of allylic oxidation sites excluding steroid dienone is 1. The number of methoxy groups -OCH3 is 2. The van der Waals surface area contributed by atoms with Gasteiger partial charge in [0.05, 0.1) is 14.2 Å². The largest absolute Gasteiger partial charge is 0.468 e. The van der Waals surface area contributed by atoms with Gasteiger partial charge in [0.2, 0.25) is 0 Å². The van der Waals surface area contributed by atoms with Crippen LogP contribution >= 0.6 is 0 Å². The van der Waals surface area contributed by atoms with Gasteiger partial charge in [0.1, 0.15) is 6.61 Å². The van der Waals surface area contributed by atoms with Crippen LogP contribution in [-0.2, 0) is 28.6 Å². The third-order valence-corrected chi connectivity index (χ3v) is 2.86. The van der Waals surface area contributed by atoms with Crippen LogP contribution in [-0.4, -0.2) is 38.7 Å². The Labute approximate surface area is 124 Å². The summed E-state index contributed by atoms with van der Waals surface area (Å²) in [7, 11) is 2.35. The van der Waals surface area contributed by atoms with Crippen molar-refractivity contribution in [2.75, 3.05) is 20.8 Å². The maximum Gasteiger partial charge on any atom is 0.324 e. The Morgan fingerprint density at radius 2 is 1.67 bits per heavy atom. The van der Waals surface area contributed by atoms with Gasteiger partial charge in [0.25, 0.3) is 0 Å². The Hall–Kier alpha value is -2.29. The highest BCUT2D eigenvalue weighted by Crippen LogP contribution is 2.33. The van der Waals surface area contributed by atoms with Gasteiger partial charge >= 0.3 is 17.9 Å². The lowest BCUT2D eigenvalue weighted by molar-refractivity contribution is -0.168. The summed E-state index contributed by atoms with van der Waals surface area (Å²) < 4.78 is 14.1. The van der Waals surface area contributed by atoms with Gasteiger partial charge in [0, 0.05) is 13.3 Å². The number of rotatable bonds is 7. The molecule has 0 spiro atoms. The molecule has 0 heterocycles. The van der Waals surface area contributed by atoms with E-state index >= 15 is 0 Å². The lowest BCUT2D eigenvalue weighted by Crippen LogP contribution is -2.41. The highest BCUT2D eigenvalue weighted by Gasteiger charge is 2.47. The molecule has 0 aromatic carbocycles. The number of hydrogen-bond donors (Lipinski definition) is 0. The molecule has 0 atom stereocenters. The molecule has 0 radical (unpaired) electrons. The zero-order chi connectivity index (χ0) is 16.5. The average molecular weight is 296 g/mol. The fourth-order valence-electron chi connectivity index (χ4n) is 1.85. The predicted molar refractivity (Wildman–Crippen MR) is 74.9 cm³/mol. The maximum absolute atomic E-state index is 12.0. The third kappa shape index (κ3) is 5.30. The molecule has 0 saturated heterocycles. The molecule has 6 nitrogen and oxygen atoms in total. The van der Waals surface area contributed by atoms with Gasteiger partial charge in [-0.15, -0.1) is 12.3 Å². The molecule has 6 heteroatoms. The molecule has 116 valence electrons. The van der Waals surface area contributed by atoms with Crippen LogP contribution in [0.2, 0.25) is 0 Å². The van der Waals surface area contributed by atoms with E-state index in [1.165, 1.54) is 21.1 Å². The van der Waals surface area contributed by atoms with E-state index in [0.29, 0.717) is 5.57 Å². The second kappa shape index (κ2) is 8.80. The Bertz CT molecular complexity index is 453. The van der Waals surface area contributed by atoms with Crippen LogP contribution in [0.5, 0.6) is 0 Å². The molecule has 0 bridgehead atoms. The minimum absolute atomic E-state index is 0.0256. The maximum atomic E-state index is 12.0. The molecular weight excluding hydrogens is 276 g/mol. The minimum Gasteiger partial charge on any atom is -0.468 e. The minimum atomic E-state index is -1.59. The Morgan fingerprint density at radius 3 is 2.05 bits per heavy atom. The fraction of sp³-hybridized carbons (Fsp3) is 0.533. The van der Waals surface area contributed by atoms with E-state index < -0.39 is 23.3 Å². The SMILES string of the molecule is C#CCC(C/C(C)=C/COC(C)=O)(C(=O)OC)C(=O)OC. The van der Waals surface area contributed by atoms with Crippen molar-refractivity contribution in [3.8, 4) is 12.3 Å². The van der Waals surface area contributed by atoms with E-state index in [-0.39, 0.29) is 19.4 Å². The topological polar surface area (TPSA) is 78.9 Å². The van der Waals surface area contributed by atoms with Crippen molar-refractivity contribution < 1.29 is 28.6 Å². The number of carbonyl (C=O) groups is 3. The zero-order valence-electron chi connectivity index (χ0n) is 12.7. The van der Waals surface area contributed by atoms with Crippen LogP contribution in [0.25, 0.3) is 0 Å². The van der Waals surface area contributed by atoms with Gasteiger partial charge in [-0.2, -0.15) is 0 Å². The summed E-state index contributed by atoms with van der Waals surface area (Å²) in [6.07, 6.45) is 6.73. The van der Waals surface area contributed by atoms with E-state index in [9.17, 15) is 14.4 Å². The summed E-state index contributed by atoms with van der Waals surface area (Å²) >= 11 is 0. The molecule has 21 heavy (non-hydrogen) atoms. The lowest BCUT2D eigenvalue weighted by Gasteiger charge is -2.26. The quantitative estimate of drug-likeness (QED) is 0.231. The first kappa shape index (κ1) is 18.7. The number of esters is 3. The van der Waals surface area contributed by atoms with E-state index in [2.05, 4.69) is 15.4 Å². The third-order valence-electron chi connectivity index (χ3n) is 2.86. The summed E-state index contributed by atoms with van der Waals surface area (Å²) in [5.41, 5.74) is -0.933. The molecule has 0 saturated carbocycles. The first-order chi connectivity index (χ1) is 9.83. The summed E-state index contributed by atoms with van der Waals surface area (Å²) in [6, 6.07) is 0. The van der Waals surface area contributed by atoms with Crippen LogP contribution < -0.4 is 0 Å². The van der Waals surface area contributed by atoms with Crippen LogP contribution in [0.1, 0.15) is 26.7 Å². The van der Waals surface area contributed by atoms with Crippen molar-refractivity contribution >= 4 is 17.9 Å². The molecular formula is C15H20O6. The predicted octanol–water partition coefficient (Wildman–Crippen LogP) is 1.24. The molecule has 0 aliphatic rings. The van der Waals surface area contributed by atoms with Gasteiger partial charge in [-0.3, -0.25) is 14.4 Å². The van der Waals surface area contributed by atoms with Gasteiger partial charge in [-0.05, 0) is 19.4 Å². The van der Waals surface area contributed by atoms with Crippen LogP contribution in [0, 0.1) is 17.8 Å². The normalized spacial score (nSPS) is 11.3. The van der Waals surface area contributed by atoms with Gasteiger partial charge in [-0.1, -0.05) is 5.57 Å². The van der Waals surface area contributed by atoms with Crippen molar-refractivity contribution in [1.82, 2.24) is 0 Å². The smallest absolute Gasteiger partial charge is 0.324 e. The van der Waals surface area contributed by atoms with Gasteiger partial charge < -0.3 is 14.2 Å². The molecule has 0 fully saturated rings. The van der Waals surface area contributed by atoms with Crippen molar-refractivity contribution in [2.45, 2.75) is 26.7 Å². The van der Waals surface area contributed by atoms with Crippen molar-refractivity contribution in [3.05, 3.63) is 11.6 Å². The Kier molecular flexibility index (Phi) is 7.84. The summed E-state index contributed by atoms with van der Waals surface area (Å²) in [5, 5.41) is 0. The van der Waals surface area contributed by atoms with E-state index in [0.717, 1.165) is 0 Å².